The quantitative estimate of drug-likeness (QED) is 0.209. The summed E-state index contributed by atoms with van der Waals surface area (Å²) in [5.41, 5.74) is 2.55. The molecule has 0 saturated carbocycles. The molecule has 0 atom stereocenters. The van der Waals surface area contributed by atoms with Crippen molar-refractivity contribution in [2.24, 2.45) is 10.3 Å². The van der Waals surface area contributed by atoms with Crippen LogP contribution >= 0.6 is 22.6 Å². The van der Waals surface area contributed by atoms with Crippen molar-refractivity contribution >= 4 is 40.0 Å². The number of alkyl halides is 1. The van der Waals surface area contributed by atoms with Gasteiger partial charge in [0.25, 0.3) is 6.01 Å². The first kappa shape index (κ1) is 14.4. The molecule has 0 heterocycles. The van der Waals surface area contributed by atoms with E-state index < -0.39 is 0 Å². The van der Waals surface area contributed by atoms with Crippen LogP contribution in [0.2, 0.25) is 0 Å². The summed E-state index contributed by atoms with van der Waals surface area (Å²) in [6.45, 7) is 1.69. The van der Waals surface area contributed by atoms with Gasteiger partial charge in [-0.15, -0.1) is 4.86 Å². The topological polar surface area (TPSA) is 119 Å². The van der Waals surface area contributed by atoms with Gasteiger partial charge >= 0.3 is 0 Å². The molecule has 0 aliphatic carbocycles. The second-order valence-electron chi connectivity index (χ2n) is 3.07. The molecule has 0 saturated heterocycles. The molecular formula is C9H9IN5O3-. The zero-order valence-corrected chi connectivity index (χ0v) is 11.5. The Morgan fingerprint density at radius 2 is 2.33 bits per heavy atom. The van der Waals surface area contributed by atoms with E-state index in [1.165, 1.54) is 12.1 Å². The third-order valence-electron chi connectivity index (χ3n) is 1.97. The molecule has 1 rings (SSSR count). The van der Waals surface area contributed by atoms with Crippen LogP contribution in [0.5, 0.6) is 5.75 Å². The van der Waals surface area contributed by atoms with Crippen molar-refractivity contribution in [3.8, 4) is 5.75 Å². The van der Waals surface area contributed by atoms with Gasteiger partial charge in [0.2, 0.25) is 0 Å². The predicted molar refractivity (Wildman–Crippen MR) is 73.6 cm³/mol. The Labute approximate surface area is 116 Å². The molecule has 0 bridgehead atoms. The summed E-state index contributed by atoms with van der Waals surface area (Å²) >= 11 is 1.99. The standard InChI is InChI=1S/C9H9IN5O3/c1-6-2-7(15(17)14-12-5-11)3-8(13-16)9(6)18-4-10/h2-3,11,13H,4H2,1H3/q-1. The maximum absolute atomic E-state index is 11.5. The summed E-state index contributed by atoms with van der Waals surface area (Å²) in [7, 11) is 0. The van der Waals surface area contributed by atoms with Crippen LogP contribution in [0.1, 0.15) is 5.56 Å². The number of benzene rings is 1. The maximum Gasteiger partial charge on any atom is 0.260 e. The number of anilines is 1. The second kappa shape index (κ2) is 6.89. The van der Waals surface area contributed by atoms with Gasteiger partial charge < -0.3 is 20.6 Å². The monoisotopic (exact) mass is 362 g/mol. The number of nitrogens with one attached hydrogen (secondary N) is 2. The van der Waals surface area contributed by atoms with Crippen LogP contribution in [-0.4, -0.2) is 15.5 Å². The highest BCUT2D eigenvalue weighted by atomic mass is 127. The number of nitrogens with zero attached hydrogens (tertiary/aromatic N) is 3. The smallest absolute Gasteiger partial charge is 0.260 e. The minimum absolute atomic E-state index is 0.102. The third kappa shape index (κ3) is 3.39. The van der Waals surface area contributed by atoms with E-state index in [1.54, 1.807) is 18.4 Å². The van der Waals surface area contributed by atoms with Gasteiger partial charge in [-0.25, -0.2) is 5.41 Å². The van der Waals surface area contributed by atoms with E-state index in [9.17, 15) is 10.4 Å². The first-order chi connectivity index (χ1) is 8.63. The average Bonchev–Trinajstić information content (AvgIpc) is 2.38. The van der Waals surface area contributed by atoms with Crippen molar-refractivity contribution in [3.05, 3.63) is 28.1 Å². The molecule has 0 amide bonds. The van der Waals surface area contributed by atoms with Crippen LogP contribution in [0, 0.1) is 22.7 Å². The van der Waals surface area contributed by atoms with E-state index >= 15 is 0 Å². The van der Waals surface area contributed by atoms with Gasteiger partial charge in [-0.2, -0.15) is 0 Å². The molecule has 1 aromatic carbocycles. The molecule has 9 heteroatoms. The number of halogens is 1. The van der Waals surface area contributed by atoms with Crippen LogP contribution in [0.4, 0.5) is 11.4 Å². The molecule has 18 heavy (non-hydrogen) atoms. The lowest BCUT2D eigenvalue weighted by molar-refractivity contribution is -0.442. The number of hydrogen-bond acceptors (Lipinski definition) is 6. The highest BCUT2D eigenvalue weighted by molar-refractivity contribution is 14.1. The second-order valence-corrected chi connectivity index (χ2v) is 3.69. The minimum atomic E-state index is 0.102. The van der Waals surface area contributed by atoms with Gasteiger partial charge in [-0.1, -0.05) is 0 Å². The summed E-state index contributed by atoms with van der Waals surface area (Å²) in [6, 6.07) is 4.39. The lowest BCUT2D eigenvalue weighted by atomic mass is 10.1. The summed E-state index contributed by atoms with van der Waals surface area (Å²) in [6.07, 6.45) is 0. The predicted octanol–water partition coefficient (Wildman–Crippen LogP) is 2.94. The van der Waals surface area contributed by atoms with Gasteiger partial charge in [0.1, 0.15) is 15.5 Å². The minimum Gasteiger partial charge on any atom is -0.761 e. The third-order valence-corrected chi connectivity index (χ3v) is 2.28. The summed E-state index contributed by atoms with van der Waals surface area (Å²) in [5.74, 6) is 0.382. The number of hydrogen-bond donors (Lipinski definition) is 2. The lowest BCUT2D eigenvalue weighted by Crippen LogP contribution is -2.00. The van der Waals surface area contributed by atoms with Crippen LogP contribution in [0.3, 0.4) is 0 Å². The van der Waals surface area contributed by atoms with Gasteiger partial charge in [0.15, 0.2) is 10.9 Å². The molecule has 1 aromatic rings. The van der Waals surface area contributed by atoms with Crippen molar-refractivity contribution in [1.29, 1.82) is 5.41 Å². The number of aryl methyl sites for hydroxylation is 1. The zero-order valence-electron chi connectivity index (χ0n) is 9.31. The molecule has 96 valence electrons. The SMILES string of the molecule is Cc1cc([N+]([O-])=NN=C=N)cc(N[O-])c1OCI. The fraction of sp³-hybridized carbons (Fsp3) is 0.222. The van der Waals surface area contributed by atoms with Crippen molar-refractivity contribution in [2.45, 2.75) is 6.92 Å². The Morgan fingerprint density at radius 3 is 2.89 bits per heavy atom. The van der Waals surface area contributed by atoms with Gasteiger partial charge in [-0.3, -0.25) is 0 Å². The molecule has 0 aliphatic heterocycles. The van der Waals surface area contributed by atoms with Crippen LogP contribution in [0.25, 0.3) is 0 Å². The number of ether oxygens (including phenoxy) is 1. The van der Waals surface area contributed by atoms with Crippen LogP contribution in [0.15, 0.2) is 22.5 Å². The molecule has 0 radical (unpaired) electrons. The van der Waals surface area contributed by atoms with Crippen LogP contribution in [-0.2, 0) is 0 Å². The van der Waals surface area contributed by atoms with E-state index in [-0.39, 0.29) is 16.2 Å². The molecule has 0 aliphatic rings. The molecular weight excluding hydrogens is 353 g/mol. The normalized spacial score (nSPS) is 10.7. The van der Waals surface area contributed by atoms with Gasteiger partial charge in [0, 0.05) is 6.07 Å². The maximum atomic E-state index is 11.5. The highest BCUT2D eigenvalue weighted by Gasteiger charge is 2.10. The Hall–Kier alpha value is -1.71. The summed E-state index contributed by atoms with van der Waals surface area (Å²) in [5, 5.41) is 34.9. The molecule has 8 nitrogen and oxygen atoms in total. The van der Waals surface area contributed by atoms with E-state index in [2.05, 4.69) is 10.3 Å². The van der Waals surface area contributed by atoms with Crippen molar-refractivity contribution in [2.75, 3.05) is 10.1 Å². The summed E-state index contributed by atoms with van der Waals surface area (Å²) < 4.78 is 5.65. The Bertz CT molecular complexity index is 513. The lowest BCUT2D eigenvalue weighted by Gasteiger charge is -2.18. The van der Waals surface area contributed by atoms with E-state index in [0.717, 1.165) is 0 Å². The molecule has 0 aromatic heterocycles. The summed E-state index contributed by atoms with van der Waals surface area (Å²) in [4.78, 5) is 0.184. The first-order valence-corrected chi connectivity index (χ1v) is 6.17. The molecule has 0 spiro atoms. The largest absolute Gasteiger partial charge is 0.761 e. The highest BCUT2D eigenvalue weighted by Crippen LogP contribution is 2.33. The number of rotatable bonds is 5. The molecule has 0 unspecified atom stereocenters. The fourth-order valence-electron chi connectivity index (χ4n) is 1.30. The van der Waals surface area contributed by atoms with Crippen molar-refractivity contribution in [1.82, 2.24) is 0 Å². The first-order valence-electron chi connectivity index (χ1n) is 4.65. The average molecular weight is 362 g/mol. The zero-order chi connectivity index (χ0) is 13.5. The van der Waals surface area contributed by atoms with Gasteiger partial charge in [-0.05, 0) is 41.1 Å². The van der Waals surface area contributed by atoms with Crippen molar-refractivity contribution < 1.29 is 9.60 Å². The Kier molecular flexibility index (Phi) is 5.49. The fourth-order valence-corrected chi connectivity index (χ4v) is 1.61. The molecule has 2 N–H and O–H groups in total. The molecule has 0 fully saturated rings. The Morgan fingerprint density at radius 1 is 1.61 bits per heavy atom. The van der Waals surface area contributed by atoms with E-state index in [0.29, 0.717) is 15.9 Å². The Balaban J connectivity index is 3.25. The van der Waals surface area contributed by atoms with Gasteiger partial charge in [0.05, 0.1) is 5.69 Å². The van der Waals surface area contributed by atoms with E-state index in [1.807, 2.05) is 22.6 Å². The van der Waals surface area contributed by atoms with Crippen molar-refractivity contribution in [3.63, 3.8) is 0 Å². The van der Waals surface area contributed by atoms with E-state index in [4.69, 9.17) is 10.1 Å². The van der Waals surface area contributed by atoms with Crippen LogP contribution < -0.4 is 10.2 Å².